The first-order valence-corrected chi connectivity index (χ1v) is 8.58. The molecule has 3 heteroatoms. The molecule has 0 saturated heterocycles. The topological polar surface area (TPSA) is 29.5 Å². The molecule has 0 spiro atoms. The van der Waals surface area contributed by atoms with E-state index in [1.807, 2.05) is 0 Å². The number of carbonyl (C=O) groups is 1. The highest BCUT2D eigenvalue weighted by Gasteiger charge is 2.01. The number of nitrogens with zero attached hydrogens (tertiary/aromatic N) is 1. The van der Waals surface area contributed by atoms with Gasteiger partial charge in [-0.05, 0) is 52.7 Å². The van der Waals surface area contributed by atoms with Crippen LogP contribution < -0.4 is 0 Å². The zero-order valence-corrected chi connectivity index (χ0v) is 15.0. The number of rotatable bonds is 11. The third kappa shape index (κ3) is 17.1. The van der Waals surface area contributed by atoms with E-state index in [9.17, 15) is 4.79 Å². The van der Waals surface area contributed by atoms with Gasteiger partial charge in [-0.3, -0.25) is 0 Å². The van der Waals surface area contributed by atoms with E-state index in [2.05, 4.69) is 37.0 Å². The van der Waals surface area contributed by atoms with Crippen LogP contribution in [0, 0.1) is 0 Å². The zero-order valence-electron chi connectivity index (χ0n) is 15.0. The molecule has 126 valence electrons. The molecule has 0 unspecified atom stereocenters. The minimum Gasteiger partial charge on any atom is -0.463 e. The van der Waals surface area contributed by atoms with Crippen molar-refractivity contribution in [3.8, 4) is 0 Å². The van der Waals surface area contributed by atoms with Gasteiger partial charge in [0, 0.05) is 5.57 Å². The molecule has 0 radical (unpaired) electrons. The van der Waals surface area contributed by atoms with Crippen LogP contribution in [-0.4, -0.2) is 37.1 Å². The first kappa shape index (κ1) is 22.5. The smallest absolute Gasteiger partial charge is 0.333 e. The maximum atomic E-state index is 10.4. The van der Waals surface area contributed by atoms with Gasteiger partial charge in [-0.15, -0.1) is 0 Å². The highest BCUT2D eigenvalue weighted by molar-refractivity contribution is 5.86. The van der Waals surface area contributed by atoms with Gasteiger partial charge in [-0.2, -0.15) is 0 Å². The van der Waals surface area contributed by atoms with E-state index >= 15 is 0 Å². The summed E-state index contributed by atoms with van der Waals surface area (Å²) in [6.45, 7) is 18.0. The standard InChI is InChI=1S/C12H27N.C6H10O2/c1-4-7-10-13(11-8-5-2)12-9-6-3;1-4-8-6(7)5(2)3/h4-12H2,1-3H3;2,4H2,1,3H3. The largest absolute Gasteiger partial charge is 0.463 e. The predicted molar refractivity (Wildman–Crippen MR) is 92.6 cm³/mol. The Kier molecular flexibility index (Phi) is 18.4. The van der Waals surface area contributed by atoms with E-state index in [4.69, 9.17) is 0 Å². The average Bonchev–Trinajstić information content (AvgIpc) is 2.47. The van der Waals surface area contributed by atoms with Crippen LogP contribution in [0.15, 0.2) is 12.2 Å². The van der Waals surface area contributed by atoms with Crippen molar-refractivity contribution in [1.29, 1.82) is 0 Å². The maximum Gasteiger partial charge on any atom is 0.333 e. The van der Waals surface area contributed by atoms with Gasteiger partial charge in [0.2, 0.25) is 0 Å². The minimum atomic E-state index is -0.312. The molecule has 0 saturated carbocycles. The van der Waals surface area contributed by atoms with Gasteiger partial charge in [0.15, 0.2) is 0 Å². The van der Waals surface area contributed by atoms with E-state index in [-0.39, 0.29) is 5.97 Å². The lowest BCUT2D eigenvalue weighted by atomic mass is 10.2. The van der Waals surface area contributed by atoms with E-state index in [0.29, 0.717) is 12.2 Å². The van der Waals surface area contributed by atoms with Crippen LogP contribution in [0.4, 0.5) is 0 Å². The molecule has 3 nitrogen and oxygen atoms in total. The molecule has 0 aromatic rings. The number of carbonyl (C=O) groups excluding carboxylic acids is 1. The second-order valence-corrected chi connectivity index (χ2v) is 5.40. The highest BCUT2D eigenvalue weighted by Crippen LogP contribution is 2.01. The Bertz CT molecular complexity index is 233. The Morgan fingerprint density at radius 1 is 0.905 bits per heavy atom. The van der Waals surface area contributed by atoms with Crippen molar-refractivity contribution in [2.45, 2.75) is 73.1 Å². The molecule has 0 aliphatic carbocycles. The molecule has 0 atom stereocenters. The predicted octanol–water partition coefficient (Wildman–Crippen LogP) is 4.81. The van der Waals surface area contributed by atoms with E-state index in [0.717, 1.165) is 0 Å². The molecule has 0 aromatic heterocycles. The van der Waals surface area contributed by atoms with Crippen molar-refractivity contribution in [1.82, 2.24) is 4.90 Å². The summed E-state index contributed by atoms with van der Waals surface area (Å²) in [7, 11) is 0. The van der Waals surface area contributed by atoms with Gasteiger partial charge < -0.3 is 9.64 Å². The first-order chi connectivity index (χ1) is 10.0. The Labute approximate surface area is 132 Å². The van der Waals surface area contributed by atoms with Crippen LogP contribution in [0.1, 0.15) is 73.1 Å². The fraction of sp³-hybridized carbons (Fsp3) is 0.833. The van der Waals surface area contributed by atoms with Crippen LogP contribution >= 0.6 is 0 Å². The summed E-state index contributed by atoms with van der Waals surface area (Å²) >= 11 is 0. The fourth-order valence-electron chi connectivity index (χ4n) is 1.73. The molecule has 0 aliphatic rings. The number of hydrogen-bond acceptors (Lipinski definition) is 3. The summed E-state index contributed by atoms with van der Waals surface area (Å²) in [5.41, 5.74) is 0.451. The van der Waals surface area contributed by atoms with Gasteiger partial charge in [0.05, 0.1) is 6.61 Å². The molecule has 0 aromatic carbocycles. The summed E-state index contributed by atoms with van der Waals surface area (Å²) in [6.07, 6.45) is 8.09. The highest BCUT2D eigenvalue weighted by atomic mass is 16.5. The SMILES string of the molecule is C=C(C)C(=O)OCC.CCCCN(CCCC)CCCC. The summed E-state index contributed by atoms with van der Waals surface area (Å²) in [5.74, 6) is -0.312. The lowest BCUT2D eigenvalue weighted by Crippen LogP contribution is -2.27. The molecular formula is C18H37NO2. The summed E-state index contributed by atoms with van der Waals surface area (Å²) in [4.78, 5) is 13.1. The molecule has 0 rings (SSSR count). The number of ether oxygens (including phenoxy) is 1. The van der Waals surface area contributed by atoms with Crippen LogP contribution in [0.2, 0.25) is 0 Å². The molecule has 21 heavy (non-hydrogen) atoms. The Morgan fingerprint density at radius 3 is 1.48 bits per heavy atom. The van der Waals surface area contributed by atoms with Crippen molar-refractivity contribution >= 4 is 5.97 Å². The quantitative estimate of drug-likeness (QED) is 0.405. The Morgan fingerprint density at radius 2 is 1.29 bits per heavy atom. The van der Waals surface area contributed by atoms with Crippen molar-refractivity contribution < 1.29 is 9.53 Å². The number of unbranched alkanes of at least 4 members (excludes halogenated alkanes) is 3. The molecular weight excluding hydrogens is 262 g/mol. The van der Waals surface area contributed by atoms with Gasteiger partial charge in [-0.25, -0.2) is 4.79 Å². The molecule has 0 N–H and O–H groups in total. The van der Waals surface area contributed by atoms with E-state index < -0.39 is 0 Å². The van der Waals surface area contributed by atoms with Crippen molar-refractivity contribution in [2.24, 2.45) is 0 Å². The normalized spacial score (nSPS) is 10.0. The lowest BCUT2D eigenvalue weighted by molar-refractivity contribution is -0.138. The van der Waals surface area contributed by atoms with E-state index in [1.54, 1.807) is 13.8 Å². The van der Waals surface area contributed by atoms with Crippen molar-refractivity contribution in [3.05, 3.63) is 12.2 Å². The van der Waals surface area contributed by atoms with Crippen LogP contribution in [0.5, 0.6) is 0 Å². The second kappa shape index (κ2) is 17.2. The molecule has 0 heterocycles. The minimum absolute atomic E-state index is 0.312. The average molecular weight is 299 g/mol. The third-order valence-corrected chi connectivity index (χ3v) is 3.11. The summed E-state index contributed by atoms with van der Waals surface area (Å²) in [5, 5.41) is 0. The van der Waals surface area contributed by atoms with Gasteiger partial charge in [0.1, 0.15) is 0 Å². The molecule has 0 bridgehead atoms. The van der Waals surface area contributed by atoms with Gasteiger partial charge in [0.25, 0.3) is 0 Å². The van der Waals surface area contributed by atoms with E-state index in [1.165, 1.54) is 58.2 Å². The van der Waals surface area contributed by atoms with Crippen molar-refractivity contribution in [2.75, 3.05) is 26.2 Å². The molecule has 0 aliphatic heterocycles. The molecule has 0 fully saturated rings. The van der Waals surface area contributed by atoms with Crippen LogP contribution in [-0.2, 0) is 9.53 Å². The Balaban J connectivity index is 0. The Hall–Kier alpha value is -0.830. The zero-order chi connectivity index (χ0) is 16.5. The first-order valence-electron chi connectivity index (χ1n) is 8.58. The maximum absolute atomic E-state index is 10.4. The monoisotopic (exact) mass is 299 g/mol. The number of hydrogen-bond donors (Lipinski definition) is 0. The van der Waals surface area contributed by atoms with Crippen LogP contribution in [0.25, 0.3) is 0 Å². The second-order valence-electron chi connectivity index (χ2n) is 5.40. The summed E-state index contributed by atoms with van der Waals surface area (Å²) < 4.78 is 4.56. The van der Waals surface area contributed by atoms with Crippen LogP contribution in [0.3, 0.4) is 0 Å². The summed E-state index contributed by atoms with van der Waals surface area (Å²) in [6, 6.07) is 0. The van der Waals surface area contributed by atoms with Crippen molar-refractivity contribution in [3.63, 3.8) is 0 Å². The fourth-order valence-corrected chi connectivity index (χ4v) is 1.73. The van der Waals surface area contributed by atoms with Gasteiger partial charge >= 0.3 is 5.97 Å². The third-order valence-electron chi connectivity index (χ3n) is 3.11. The lowest BCUT2D eigenvalue weighted by Gasteiger charge is -2.21. The number of esters is 1. The van der Waals surface area contributed by atoms with Gasteiger partial charge in [-0.1, -0.05) is 46.6 Å². The molecule has 0 amide bonds.